The molecule has 1 aromatic heterocycles. The number of hydrogen-bond donors (Lipinski definition) is 1. The predicted molar refractivity (Wildman–Crippen MR) is 106 cm³/mol. The van der Waals surface area contributed by atoms with Gasteiger partial charge < -0.3 is 10.2 Å². The average molecular weight is 436 g/mol. The second-order valence-corrected chi connectivity index (χ2v) is 7.06. The fourth-order valence-electron chi connectivity index (χ4n) is 2.46. The standard InChI is InChI=1S/C16H28N4S.HI/c1-5-17-16(20-8-6-13(4)7-9-20)18-10-14-11-21-15(19-14)12(2)3;/h11-13H,5-10H2,1-4H3,(H,17,18);1H. The van der Waals surface area contributed by atoms with Gasteiger partial charge in [0.25, 0.3) is 0 Å². The van der Waals surface area contributed by atoms with Crippen molar-refractivity contribution >= 4 is 41.3 Å². The Morgan fingerprint density at radius 3 is 2.68 bits per heavy atom. The first-order valence-electron chi connectivity index (χ1n) is 8.07. The van der Waals surface area contributed by atoms with Crippen LogP contribution in [0.2, 0.25) is 0 Å². The maximum Gasteiger partial charge on any atom is 0.194 e. The number of thiazole rings is 1. The third kappa shape index (κ3) is 5.68. The maximum atomic E-state index is 4.78. The van der Waals surface area contributed by atoms with Crippen LogP contribution in [-0.2, 0) is 6.54 Å². The number of halogens is 1. The summed E-state index contributed by atoms with van der Waals surface area (Å²) in [6.07, 6.45) is 2.53. The van der Waals surface area contributed by atoms with Crippen LogP contribution in [0.3, 0.4) is 0 Å². The van der Waals surface area contributed by atoms with Crippen LogP contribution in [0.25, 0.3) is 0 Å². The van der Waals surface area contributed by atoms with E-state index in [9.17, 15) is 0 Å². The summed E-state index contributed by atoms with van der Waals surface area (Å²) in [5, 5.41) is 6.76. The zero-order chi connectivity index (χ0) is 15.2. The number of aliphatic imine (C=N–C) groups is 1. The molecule has 0 aliphatic carbocycles. The zero-order valence-corrected chi connectivity index (χ0v) is 17.3. The van der Waals surface area contributed by atoms with E-state index in [0.717, 1.165) is 37.2 Å². The molecule has 0 bridgehead atoms. The van der Waals surface area contributed by atoms with E-state index in [2.05, 4.69) is 48.3 Å². The molecule has 1 fully saturated rings. The van der Waals surface area contributed by atoms with Gasteiger partial charge in [-0.3, -0.25) is 0 Å². The van der Waals surface area contributed by atoms with Crippen LogP contribution in [0.5, 0.6) is 0 Å². The largest absolute Gasteiger partial charge is 0.357 e. The van der Waals surface area contributed by atoms with Crippen LogP contribution in [0, 0.1) is 5.92 Å². The van der Waals surface area contributed by atoms with Crippen molar-refractivity contribution in [3.05, 3.63) is 16.1 Å². The van der Waals surface area contributed by atoms with Crippen molar-refractivity contribution in [1.29, 1.82) is 0 Å². The molecule has 0 unspecified atom stereocenters. The van der Waals surface area contributed by atoms with Gasteiger partial charge in [-0.05, 0) is 25.7 Å². The van der Waals surface area contributed by atoms with E-state index in [0.29, 0.717) is 12.5 Å². The summed E-state index contributed by atoms with van der Waals surface area (Å²) in [6, 6.07) is 0. The van der Waals surface area contributed by atoms with Gasteiger partial charge >= 0.3 is 0 Å². The van der Waals surface area contributed by atoms with Crippen molar-refractivity contribution in [1.82, 2.24) is 15.2 Å². The van der Waals surface area contributed by atoms with Crippen molar-refractivity contribution in [3.63, 3.8) is 0 Å². The summed E-state index contributed by atoms with van der Waals surface area (Å²) in [7, 11) is 0. The topological polar surface area (TPSA) is 40.5 Å². The van der Waals surface area contributed by atoms with Gasteiger partial charge in [-0.15, -0.1) is 35.3 Å². The lowest BCUT2D eigenvalue weighted by atomic mass is 10.00. The monoisotopic (exact) mass is 436 g/mol. The summed E-state index contributed by atoms with van der Waals surface area (Å²) < 4.78 is 0. The van der Waals surface area contributed by atoms with Gasteiger partial charge in [-0.2, -0.15) is 0 Å². The fourth-order valence-corrected chi connectivity index (χ4v) is 3.29. The molecule has 1 aliphatic heterocycles. The Morgan fingerprint density at radius 2 is 2.14 bits per heavy atom. The lowest BCUT2D eigenvalue weighted by Gasteiger charge is -2.32. The lowest BCUT2D eigenvalue weighted by molar-refractivity contribution is 0.273. The fraction of sp³-hybridized carbons (Fsp3) is 0.750. The number of piperidine rings is 1. The summed E-state index contributed by atoms with van der Waals surface area (Å²) in [5.74, 6) is 2.39. The number of rotatable bonds is 4. The number of nitrogens with one attached hydrogen (secondary N) is 1. The first-order valence-corrected chi connectivity index (χ1v) is 8.95. The molecule has 126 valence electrons. The van der Waals surface area contributed by atoms with Crippen LogP contribution in [0.1, 0.15) is 57.2 Å². The van der Waals surface area contributed by atoms with E-state index in [1.54, 1.807) is 11.3 Å². The molecular formula is C16H29IN4S. The van der Waals surface area contributed by atoms with E-state index in [1.165, 1.54) is 17.8 Å². The van der Waals surface area contributed by atoms with E-state index in [1.807, 2.05) is 0 Å². The first-order chi connectivity index (χ1) is 10.1. The molecule has 0 aromatic carbocycles. The van der Waals surface area contributed by atoms with E-state index >= 15 is 0 Å². The predicted octanol–water partition coefficient (Wildman–Crippen LogP) is 4.08. The Bertz CT molecular complexity index is 464. The molecule has 22 heavy (non-hydrogen) atoms. The van der Waals surface area contributed by atoms with Gasteiger partial charge in [0, 0.05) is 30.9 Å². The van der Waals surface area contributed by atoms with Crippen LogP contribution in [-0.4, -0.2) is 35.5 Å². The van der Waals surface area contributed by atoms with Crippen LogP contribution >= 0.6 is 35.3 Å². The van der Waals surface area contributed by atoms with Crippen molar-refractivity contribution in [2.45, 2.75) is 53.0 Å². The number of hydrogen-bond acceptors (Lipinski definition) is 3. The average Bonchev–Trinajstić information content (AvgIpc) is 2.93. The van der Waals surface area contributed by atoms with Gasteiger partial charge in [0.2, 0.25) is 0 Å². The van der Waals surface area contributed by atoms with E-state index in [4.69, 9.17) is 4.99 Å². The van der Waals surface area contributed by atoms with Crippen LogP contribution in [0.15, 0.2) is 10.4 Å². The number of aromatic nitrogens is 1. The third-order valence-electron chi connectivity index (χ3n) is 3.87. The first kappa shape index (κ1) is 19.7. The van der Waals surface area contributed by atoms with Gasteiger partial charge in [0.05, 0.1) is 17.2 Å². The minimum atomic E-state index is 0. The Hall–Kier alpha value is -0.370. The van der Waals surface area contributed by atoms with Gasteiger partial charge in [-0.25, -0.2) is 9.98 Å². The highest BCUT2D eigenvalue weighted by Gasteiger charge is 2.18. The minimum absolute atomic E-state index is 0. The molecule has 1 aliphatic rings. The summed E-state index contributed by atoms with van der Waals surface area (Å²) in [4.78, 5) is 11.8. The van der Waals surface area contributed by atoms with Gasteiger partial charge in [0.15, 0.2) is 5.96 Å². The second-order valence-electron chi connectivity index (χ2n) is 6.17. The Balaban J connectivity index is 0.00000242. The molecule has 0 saturated carbocycles. The SMILES string of the molecule is CCNC(=NCc1csc(C(C)C)n1)N1CCC(C)CC1.I. The van der Waals surface area contributed by atoms with Crippen molar-refractivity contribution < 1.29 is 0 Å². The smallest absolute Gasteiger partial charge is 0.194 e. The van der Waals surface area contributed by atoms with Crippen LogP contribution in [0.4, 0.5) is 0 Å². The quantitative estimate of drug-likeness (QED) is 0.439. The Kier molecular flexibility index (Phi) is 8.67. The molecule has 0 radical (unpaired) electrons. The number of nitrogens with zero attached hydrogens (tertiary/aromatic N) is 3. The molecule has 1 saturated heterocycles. The van der Waals surface area contributed by atoms with E-state index in [-0.39, 0.29) is 24.0 Å². The Morgan fingerprint density at radius 1 is 1.45 bits per heavy atom. The molecule has 1 N–H and O–H groups in total. The number of guanidine groups is 1. The van der Waals surface area contributed by atoms with Crippen molar-refractivity contribution in [3.8, 4) is 0 Å². The van der Waals surface area contributed by atoms with Crippen molar-refractivity contribution in [2.75, 3.05) is 19.6 Å². The summed E-state index contributed by atoms with van der Waals surface area (Å²) in [5.41, 5.74) is 1.09. The zero-order valence-electron chi connectivity index (χ0n) is 14.1. The molecule has 1 aromatic rings. The highest BCUT2D eigenvalue weighted by Crippen LogP contribution is 2.20. The van der Waals surface area contributed by atoms with Gasteiger partial charge in [0.1, 0.15) is 0 Å². The highest BCUT2D eigenvalue weighted by atomic mass is 127. The molecule has 2 heterocycles. The maximum absolute atomic E-state index is 4.78. The molecule has 4 nitrogen and oxygen atoms in total. The molecule has 0 spiro atoms. The normalized spacial score (nSPS) is 16.8. The molecular weight excluding hydrogens is 407 g/mol. The van der Waals surface area contributed by atoms with Crippen LogP contribution < -0.4 is 5.32 Å². The lowest BCUT2D eigenvalue weighted by Crippen LogP contribution is -2.45. The van der Waals surface area contributed by atoms with Crippen molar-refractivity contribution in [2.24, 2.45) is 10.9 Å². The second kappa shape index (κ2) is 9.70. The van der Waals surface area contributed by atoms with E-state index < -0.39 is 0 Å². The number of likely N-dealkylation sites (tertiary alicyclic amines) is 1. The van der Waals surface area contributed by atoms with Gasteiger partial charge in [-0.1, -0.05) is 20.8 Å². The molecule has 0 amide bonds. The molecule has 0 atom stereocenters. The highest BCUT2D eigenvalue weighted by molar-refractivity contribution is 14.0. The Labute approximate surface area is 155 Å². The third-order valence-corrected chi connectivity index (χ3v) is 5.07. The summed E-state index contributed by atoms with van der Waals surface area (Å²) in [6.45, 7) is 12.7. The summed E-state index contributed by atoms with van der Waals surface area (Å²) >= 11 is 1.74. The molecule has 2 rings (SSSR count). The minimum Gasteiger partial charge on any atom is -0.357 e. The molecule has 6 heteroatoms.